The van der Waals surface area contributed by atoms with Crippen LogP contribution in [-0.4, -0.2) is 23.5 Å². The fraction of sp³-hybridized carbons (Fsp3) is 0.533. The lowest BCUT2D eigenvalue weighted by Gasteiger charge is -2.23. The molecule has 1 aliphatic rings. The van der Waals surface area contributed by atoms with Gasteiger partial charge in [0.05, 0.1) is 4.99 Å². The zero-order chi connectivity index (χ0) is 13.2. The number of thiocarbonyl (C=S) groups is 1. The van der Waals surface area contributed by atoms with Gasteiger partial charge in [0.2, 0.25) is 0 Å². The number of rotatable bonds is 6. The number of hydrogen-bond acceptors (Lipinski definition) is 2. The largest absolute Gasteiger partial charge is 0.393 e. The van der Waals surface area contributed by atoms with Crippen LogP contribution < -0.4 is 5.73 Å². The molecular formula is C15H22N2S. The third-order valence-corrected chi connectivity index (χ3v) is 3.83. The zero-order valence-corrected chi connectivity index (χ0v) is 12.1. The number of hydrogen-bond donors (Lipinski definition) is 1. The summed E-state index contributed by atoms with van der Waals surface area (Å²) in [5.74, 6) is 0. The highest BCUT2D eigenvalue weighted by molar-refractivity contribution is 7.80. The lowest BCUT2D eigenvalue weighted by Crippen LogP contribution is -2.29. The Hall–Kier alpha value is -0.930. The molecule has 1 aromatic carbocycles. The van der Waals surface area contributed by atoms with Gasteiger partial charge in [-0.1, -0.05) is 42.0 Å². The molecule has 18 heavy (non-hydrogen) atoms. The van der Waals surface area contributed by atoms with Gasteiger partial charge in [0, 0.05) is 19.5 Å². The molecule has 2 N–H and O–H groups in total. The minimum atomic E-state index is 0.380. The topological polar surface area (TPSA) is 29.3 Å². The van der Waals surface area contributed by atoms with E-state index < -0.39 is 0 Å². The zero-order valence-electron chi connectivity index (χ0n) is 11.3. The third-order valence-electron chi connectivity index (χ3n) is 3.68. The summed E-state index contributed by atoms with van der Waals surface area (Å²) in [4.78, 5) is 3.05. The molecule has 0 aliphatic heterocycles. The molecule has 0 spiro atoms. The lowest BCUT2D eigenvalue weighted by atomic mass is 10.0. The Morgan fingerprint density at radius 3 is 2.44 bits per heavy atom. The predicted octanol–water partition coefficient (Wildman–Crippen LogP) is 2.88. The molecule has 2 nitrogen and oxygen atoms in total. The summed E-state index contributed by atoms with van der Waals surface area (Å²) in [5, 5.41) is 0. The summed E-state index contributed by atoms with van der Waals surface area (Å²) in [7, 11) is 2.18. The van der Waals surface area contributed by atoms with E-state index in [-0.39, 0.29) is 0 Å². The van der Waals surface area contributed by atoms with E-state index in [2.05, 4.69) is 43.1 Å². The van der Waals surface area contributed by atoms with Crippen molar-refractivity contribution in [1.82, 2.24) is 4.90 Å². The van der Waals surface area contributed by atoms with Crippen LogP contribution in [0.1, 0.15) is 30.4 Å². The van der Waals surface area contributed by atoms with Crippen LogP contribution in [0.3, 0.4) is 0 Å². The minimum absolute atomic E-state index is 0.380. The van der Waals surface area contributed by atoms with E-state index in [9.17, 15) is 0 Å². The Balaban J connectivity index is 1.87. The Kier molecular flexibility index (Phi) is 4.03. The Morgan fingerprint density at radius 1 is 1.33 bits per heavy atom. The van der Waals surface area contributed by atoms with Crippen LogP contribution in [-0.2, 0) is 6.54 Å². The number of nitrogens with two attached hydrogens (primary N) is 1. The van der Waals surface area contributed by atoms with Gasteiger partial charge in [0.1, 0.15) is 0 Å². The van der Waals surface area contributed by atoms with E-state index >= 15 is 0 Å². The summed E-state index contributed by atoms with van der Waals surface area (Å²) in [5.41, 5.74) is 8.74. The average molecular weight is 262 g/mol. The van der Waals surface area contributed by atoms with Crippen molar-refractivity contribution in [1.29, 1.82) is 0 Å². The van der Waals surface area contributed by atoms with Gasteiger partial charge >= 0.3 is 0 Å². The maximum Gasteiger partial charge on any atom is 0.0733 e. The maximum absolute atomic E-state index is 5.68. The highest BCUT2D eigenvalue weighted by Crippen LogP contribution is 2.49. The van der Waals surface area contributed by atoms with E-state index in [1.807, 2.05) is 0 Å². The van der Waals surface area contributed by atoms with Crippen molar-refractivity contribution in [2.45, 2.75) is 32.7 Å². The lowest BCUT2D eigenvalue weighted by molar-refractivity contribution is 0.260. The molecule has 0 aromatic heterocycles. The molecule has 1 aromatic rings. The summed E-state index contributed by atoms with van der Waals surface area (Å²) in [6.45, 7) is 4.21. The van der Waals surface area contributed by atoms with Crippen LogP contribution in [0, 0.1) is 12.3 Å². The summed E-state index contributed by atoms with van der Waals surface area (Å²) in [6, 6.07) is 8.76. The SMILES string of the molecule is Cc1ccc(CN(C)CC2(CC(N)=S)CC2)cc1. The highest BCUT2D eigenvalue weighted by Gasteiger charge is 2.43. The normalized spacial score (nSPS) is 16.8. The molecule has 0 unspecified atom stereocenters. The molecule has 0 heterocycles. The highest BCUT2D eigenvalue weighted by atomic mass is 32.1. The summed E-state index contributed by atoms with van der Waals surface area (Å²) in [6.07, 6.45) is 3.44. The van der Waals surface area contributed by atoms with Gasteiger partial charge in [-0.2, -0.15) is 0 Å². The van der Waals surface area contributed by atoms with E-state index in [0.717, 1.165) is 19.5 Å². The number of aryl methyl sites for hydroxylation is 1. The number of benzene rings is 1. The van der Waals surface area contributed by atoms with Crippen molar-refractivity contribution >= 4 is 17.2 Å². The predicted molar refractivity (Wildman–Crippen MR) is 80.6 cm³/mol. The fourth-order valence-electron chi connectivity index (χ4n) is 2.57. The molecule has 2 rings (SSSR count). The van der Waals surface area contributed by atoms with E-state index in [0.29, 0.717) is 10.4 Å². The smallest absolute Gasteiger partial charge is 0.0733 e. The third kappa shape index (κ3) is 3.79. The second-order valence-electron chi connectivity index (χ2n) is 5.80. The van der Waals surface area contributed by atoms with Crippen LogP contribution >= 0.6 is 12.2 Å². The average Bonchev–Trinajstić information content (AvgIpc) is 3.00. The van der Waals surface area contributed by atoms with Crippen LogP contribution in [0.5, 0.6) is 0 Å². The van der Waals surface area contributed by atoms with Gasteiger partial charge in [0.15, 0.2) is 0 Å². The van der Waals surface area contributed by atoms with Crippen LogP contribution in [0.2, 0.25) is 0 Å². The molecule has 0 radical (unpaired) electrons. The van der Waals surface area contributed by atoms with Gasteiger partial charge in [-0.05, 0) is 37.8 Å². The monoisotopic (exact) mass is 262 g/mol. The van der Waals surface area contributed by atoms with E-state index in [4.69, 9.17) is 18.0 Å². The van der Waals surface area contributed by atoms with Gasteiger partial charge in [-0.15, -0.1) is 0 Å². The maximum atomic E-state index is 5.68. The first-order valence-corrected chi connectivity index (χ1v) is 6.92. The molecule has 0 saturated heterocycles. The number of nitrogens with zero attached hydrogens (tertiary/aromatic N) is 1. The van der Waals surface area contributed by atoms with Crippen molar-refractivity contribution in [3.05, 3.63) is 35.4 Å². The molecule has 1 fully saturated rings. The molecule has 1 aliphatic carbocycles. The van der Waals surface area contributed by atoms with Crippen molar-refractivity contribution < 1.29 is 0 Å². The van der Waals surface area contributed by atoms with E-state index in [1.54, 1.807) is 0 Å². The first-order chi connectivity index (χ1) is 8.49. The van der Waals surface area contributed by atoms with Gasteiger partial charge in [-0.3, -0.25) is 0 Å². The van der Waals surface area contributed by atoms with Crippen LogP contribution in [0.15, 0.2) is 24.3 Å². The van der Waals surface area contributed by atoms with E-state index in [1.165, 1.54) is 24.0 Å². The first kappa shape index (κ1) is 13.5. The van der Waals surface area contributed by atoms with Crippen molar-refractivity contribution in [3.63, 3.8) is 0 Å². The van der Waals surface area contributed by atoms with Gasteiger partial charge < -0.3 is 10.6 Å². The molecular weight excluding hydrogens is 240 g/mol. The summed E-state index contributed by atoms with van der Waals surface area (Å²) >= 11 is 5.04. The second kappa shape index (κ2) is 5.37. The molecule has 0 bridgehead atoms. The van der Waals surface area contributed by atoms with Crippen molar-refractivity contribution in [2.24, 2.45) is 11.1 Å². The van der Waals surface area contributed by atoms with Crippen LogP contribution in [0.4, 0.5) is 0 Å². The quantitative estimate of drug-likeness (QED) is 0.799. The fourth-order valence-corrected chi connectivity index (χ4v) is 2.88. The molecule has 98 valence electrons. The van der Waals surface area contributed by atoms with Gasteiger partial charge in [0.25, 0.3) is 0 Å². The van der Waals surface area contributed by atoms with Crippen molar-refractivity contribution in [3.8, 4) is 0 Å². The Bertz CT molecular complexity index is 421. The van der Waals surface area contributed by atoms with Crippen LogP contribution in [0.25, 0.3) is 0 Å². The second-order valence-corrected chi connectivity index (χ2v) is 6.33. The molecule has 3 heteroatoms. The van der Waals surface area contributed by atoms with Crippen molar-refractivity contribution in [2.75, 3.05) is 13.6 Å². The molecule has 0 amide bonds. The summed E-state index contributed by atoms with van der Waals surface area (Å²) < 4.78 is 0. The Labute approximate surface area is 115 Å². The standard InChI is InChI=1S/C15H22N2S/c1-12-3-5-13(6-4-12)10-17(2)11-15(7-8-15)9-14(16)18/h3-6H,7-11H2,1-2H3,(H2,16,18). The Morgan fingerprint density at radius 2 is 1.94 bits per heavy atom. The first-order valence-electron chi connectivity index (χ1n) is 6.52. The minimum Gasteiger partial charge on any atom is -0.393 e. The molecule has 0 atom stereocenters. The molecule has 1 saturated carbocycles. The van der Waals surface area contributed by atoms with Gasteiger partial charge in [-0.25, -0.2) is 0 Å².